The van der Waals surface area contributed by atoms with Crippen LogP contribution in [-0.4, -0.2) is 32.3 Å². The highest BCUT2D eigenvalue weighted by Gasteiger charge is 2.42. The summed E-state index contributed by atoms with van der Waals surface area (Å²) in [4.78, 5) is 51.2. The van der Waals surface area contributed by atoms with Gasteiger partial charge in [-0.15, -0.1) is 0 Å². The number of anilines is 2. The van der Waals surface area contributed by atoms with Crippen LogP contribution in [0.1, 0.15) is 16.1 Å². The Morgan fingerprint density at radius 2 is 1.69 bits per heavy atom. The highest BCUT2D eigenvalue weighted by Crippen LogP contribution is 2.31. The molecule has 2 N–H and O–H groups in total. The van der Waals surface area contributed by atoms with Crippen LogP contribution < -0.4 is 15.8 Å². The molecule has 0 aliphatic carbocycles. The average Bonchev–Trinajstić information content (AvgIpc) is 3.12. The number of carboxylic acid groups (broad SMARTS) is 1. The van der Waals surface area contributed by atoms with E-state index in [4.69, 9.17) is 16.7 Å². The maximum Gasteiger partial charge on any atom is 0.335 e. The Kier molecular flexibility index (Phi) is 5.19. The van der Waals surface area contributed by atoms with E-state index >= 15 is 0 Å². The first-order chi connectivity index (χ1) is 15.2. The highest BCUT2D eigenvalue weighted by molar-refractivity contribution is 6.53. The van der Waals surface area contributed by atoms with Crippen LogP contribution in [0.15, 0.2) is 70.1 Å². The van der Waals surface area contributed by atoms with Gasteiger partial charge in [-0.25, -0.2) is 14.4 Å². The number of imide groups is 1. The lowest BCUT2D eigenvalue weighted by Crippen LogP contribution is -2.36. The van der Waals surface area contributed by atoms with Crippen molar-refractivity contribution < 1.29 is 19.5 Å². The van der Waals surface area contributed by atoms with Gasteiger partial charge in [0, 0.05) is 12.7 Å². The molecular weight excluding hydrogens is 436 g/mol. The molecule has 1 aliphatic rings. The number of benzene rings is 2. The summed E-state index contributed by atoms with van der Waals surface area (Å²) in [5.41, 5.74) is 0.290. The van der Waals surface area contributed by atoms with Gasteiger partial charge in [-0.1, -0.05) is 35.9 Å². The van der Waals surface area contributed by atoms with E-state index < -0.39 is 28.4 Å². The molecule has 0 spiro atoms. The van der Waals surface area contributed by atoms with Crippen LogP contribution in [0.3, 0.4) is 0 Å². The number of hydrogen-bond donors (Lipinski definition) is 2. The molecule has 1 aromatic heterocycles. The Bertz CT molecular complexity index is 1370. The molecule has 32 heavy (non-hydrogen) atoms. The Balaban J connectivity index is 1.75. The number of aromatic carboxylic acids is 1. The summed E-state index contributed by atoms with van der Waals surface area (Å²) in [6.45, 7) is 1.62. The van der Waals surface area contributed by atoms with E-state index in [1.165, 1.54) is 28.9 Å². The summed E-state index contributed by atoms with van der Waals surface area (Å²) < 4.78 is 2.89. The Morgan fingerprint density at radius 1 is 1.00 bits per heavy atom. The number of carbonyl (C=O) groups excluding carboxylic acids is 2. The normalized spacial score (nSPS) is 13.8. The number of nitrogens with zero attached hydrogens (tertiary/aromatic N) is 3. The number of aromatic nitrogens is 2. The zero-order valence-corrected chi connectivity index (χ0v) is 17.8. The number of hydrogen-bond acceptors (Lipinski definition) is 5. The van der Waals surface area contributed by atoms with E-state index in [-0.39, 0.29) is 22.6 Å². The number of carboxylic acids is 1. The van der Waals surface area contributed by atoms with E-state index in [0.29, 0.717) is 11.4 Å². The molecule has 0 bridgehead atoms. The van der Waals surface area contributed by atoms with E-state index in [9.17, 15) is 19.2 Å². The molecule has 0 saturated heterocycles. The van der Waals surface area contributed by atoms with E-state index in [1.807, 2.05) is 0 Å². The van der Waals surface area contributed by atoms with Gasteiger partial charge in [-0.2, -0.15) is 0 Å². The molecule has 0 unspecified atom stereocenters. The fraction of sp³-hybridized carbons (Fsp3) is 0.0909. The van der Waals surface area contributed by atoms with Gasteiger partial charge in [0.1, 0.15) is 16.4 Å². The summed E-state index contributed by atoms with van der Waals surface area (Å²) in [6.07, 6.45) is 0. The monoisotopic (exact) mass is 452 g/mol. The number of amides is 2. The third-order valence-corrected chi connectivity index (χ3v) is 5.50. The molecule has 162 valence electrons. The van der Waals surface area contributed by atoms with Crippen LogP contribution in [0.25, 0.3) is 5.69 Å². The average molecular weight is 453 g/mol. The lowest BCUT2D eigenvalue weighted by Gasteiger charge is -2.13. The Morgan fingerprint density at radius 3 is 2.34 bits per heavy atom. The van der Waals surface area contributed by atoms with Crippen LogP contribution in [-0.2, 0) is 16.6 Å². The molecule has 2 amide bonds. The summed E-state index contributed by atoms with van der Waals surface area (Å²) >= 11 is 6.16. The van der Waals surface area contributed by atoms with Crippen molar-refractivity contribution in [2.75, 3.05) is 10.2 Å². The number of nitrogens with one attached hydrogen (secondary N) is 1. The number of rotatable bonds is 5. The van der Waals surface area contributed by atoms with Crippen molar-refractivity contribution in [2.45, 2.75) is 6.92 Å². The van der Waals surface area contributed by atoms with Crippen molar-refractivity contribution in [2.24, 2.45) is 7.05 Å². The minimum Gasteiger partial charge on any atom is -0.478 e. The van der Waals surface area contributed by atoms with E-state index in [1.54, 1.807) is 49.0 Å². The first kappa shape index (κ1) is 21.1. The number of carbonyl (C=O) groups is 3. The van der Waals surface area contributed by atoms with Gasteiger partial charge in [0.05, 0.1) is 16.9 Å². The van der Waals surface area contributed by atoms with Gasteiger partial charge in [0.15, 0.2) is 0 Å². The van der Waals surface area contributed by atoms with Gasteiger partial charge < -0.3 is 10.4 Å². The predicted molar refractivity (Wildman–Crippen MR) is 118 cm³/mol. The molecule has 2 aromatic carbocycles. The molecule has 3 aromatic rings. The largest absolute Gasteiger partial charge is 0.478 e. The van der Waals surface area contributed by atoms with Gasteiger partial charge in [0.2, 0.25) is 0 Å². The second kappa shape index (κ2) is 7.86. The summed E-state index contributed by atoms with van der Waals surface area (Å²) in [7, 11) is 1.64. The molecule has 0 radical (unpaired) electrons. The smallest absolute Gasteiger partial charge is 0.335 e. The second-order valence-electron chi connectivity index (χ2n) is 7.06. The molecule has 10 heteroatoms. The second-order valence-corrected chi connectivity index (χ2v) is 7.43. The lowest BCUT2D eigenvalue weighted by atomic mass is 10.2. The van der Waals surface area contributed by atoms with Crippen LogP contribution >= 0.6 is 11.6 Å². The van der Waals surface area contributed by atoms with Gasteiger partial charge in [-0.3, -0.25) is 19.1 Å². The van der Waals surface area contributed by atoms with Crippen molar-refractivity contribution in [3.05, 3.63) is 86.9 Å². The van der Waals surface area contributed by atoms with Crippen LogP contribution in [0.4, 0.5) is 11.4 Å². The molecule has 0 fully saturated rings. The highest BCUT2D eigenvalue weighted by atomic mass is 35.5. The number of para-hydroxylation sites is 1. The van der Waals surface area contributed by atoms with Gasteiger partial charge in [-0.05, 0) is 37.3 Å². The summed E-state index contributed by atoms with van der Waals surface area (Å²) in [5, 5.41) is 11.5. The first-order valence-electron chi connectivity index (χ1n) is 9.45. The topological polar surface area (TPSA) is 114 Å². The minimum atomic E-state index is -1.15. The fourth-order valence-electron chi connectivity index (χ4n) is 3.50. The lowest BCUT2D eigenvalue weighted by molar-refractivity contribution is -0.120. The van der Waals surface area contributed by atoms with Crippen molar-refractivity contribution in [3.63, 3.8) is 0 Å². The van der Waals surface area contributed by atoms with Crippen molar-refractivity contribution in [1.29, 1.82) is 0 Å². The molecule has 0 atom stereocenters. The predicted octanol–water partition coefficient (Wildman–Crippen LogP) is 2.62. The Hall–Kier alpha value is -4.11. The van der Waals surface area contributed by atoms with Crippen molar-refractivity contribution in [3.8, 4) is 5.69 Å². The summed E-state index contributed by atoms with van der Waals surface area (Å²) in [5.74, 6) is -2.81. The van der Waals surface area contributed by atoms with Crippen LogP contribution in [0.5, 0.6) is 0 Å². The van der Waals surface area contributed by atoms with Crippen molar-refractivity contribution in [1.82, 2.24) is 9.36 Å². The fourth-order valence-corrected chi connectivity index (χ4v) is 3.71. The first-order valence-corrected chi connectivity index (χ1v) is 9.83. The summed E-state index contributed by atoms with van der Waals surface area (Å²) in [6, 6.07) is 14.5. The quantitative estimate of drug-likeness (QED) is 0.575. The SMILES string of the molecule is Cc1c(N2C(=O)C(Cl)=C(Nc3cccc(C(=O)O)c3)C2=O)c(=O)n(-c2ccccc2)n1C. The number of halogens is 1. The third kappa shape index (κ3) is 3.28. The van der Waals surface area contributed by atoms with Gasteiger partial charge >= 0.3 is 5.97 Å². The Labute approximate surface area is 186 Å². The van der Waals surface area contributed by atoms with E-state index in [2.05, 4.69) is 5.32 Å². The molecule has 9 nitrogen and oxygen atoms in total. The molecule has 2 heterocycles. The third-order valence-electron chi connectivity index (χ3n) is 5.15. The minimum absolute atomic E-state index is 0.00926. The standard InChI is InChI=1S/C22H17ClN4O5/c1-12-18(21(30)27(25(12)2)15-9-4-3-5-10-15)26-19(28)16(23)17(20(26)29)24-14-8-6-7-13(11-14)22(31)32/h3-11,24H,1-2H3,(H,31,32). The molecule has 4 rings (SSSR count). The zero-order valence-electron chi connectivity index (χ0n) is 17.0. The molecular formula is C22H17ClN4O5. The van der Waals surface area contributed by atoms with Crippen LogP contribution in [0.2, 0.25) is 0 Å². The van der Waals surface area contributed by atoms with Gasteiger partial charge in [0.25, 0.3) is 17.4 Å². The molecule has 1 aliphatic heterocycles. The van der Waals surface area contributed by atoms with E-state index in [0.717, 1.165) is 4.90 Å². The zero-order chi connectivity index (χ0) is 23.2. The molecule has 0 saturated carbocycles. The van der Waals surface area contributed by atoms with Crippen molar-refractivity contribution >= 4 is 40.8 Å². The maximum absolute atomic E-state index is 13.2. The maximum atomic E-state index is 13.2. The van der Waals surface area contributed by atoms with Crippen LogP contribution in [0, 0.1) is 6.92 Å².